The van der Waals surface area contributed by atoms with Crippen LogP contribution in [0.1, 0.15) is 33.7 Å². The topological polar surface area (TPSA) is 115 Å². The Morgan fingerprint density at radius 1 is 1.21 bits per heavy atom. The van der Waals surface area contributed by atoms with E-state index in [9.17, 15) is 14.4 Å². The number of ether oxygens (including phenoxy) is 1. The number of benzene rings is 1. The van der Waals surface area contributed by atoms with E-state index in [1.165, 1.54) is 12.3 Å². The van der Waals surface area contributed by atoms with Crippen LogP contribution in [0.4, 0.5) is 0 Å². The third-order valence-corrected chi connectivity index (χ3v) is 4.45. The predicted molar refractivity (Wildman–Crippen MR) is 102 cm³/mol. The lowest BCUT2D eigenvalue weighted by atomic mass is 10.1. The van der Waals surface area contributed by atoms with Crippen LogP contribution in [0.5, 0.6) is 5.75 Å². The first kappa shape index (κ1) is 19.3. The molecule has 0 spiro atoms. The SMILES string of the molecule is NC(=O)c1cc(OC2CCCN(C(=O)CNC(=O)c3ccccc3)C2)ccn1. The van der Waals surface area contributed by atoms with Crippen LogP contribution in [0, 0.1) is 0 Å². The average Bonchev–Trinajstić information content (AvgIpc) is 2.72. The second-order valence-corrected chi connectivity index (χ2v) is 6.51. The number of nitrogens with two attached hydrogens (primary N) is 1. The summed E-state index contributed by atoms with van der Waals surface area (Å²) in [5, 5.41) is 2.65. The summed E-state index contributed by atoms with van der Waals surface area (Å²) >= 11 is 0. The van der Waals surface area contributed by atoms with Crippen molar-refractivity contribution in [2.75, 3.05) is 19.6 Å². The van der Waals surface area contributed by atoms with Crippen molar-refractivity contribution in [3.05, 3.63) is 59.9 Å². The molecule has 28 heavy (non-hydrogen) atoms. The van der Waals surface area contributed by atoms with Gasteiger partial charge in [-0.15, -0.1) is 0 Å². The molecule has 1 saturated heterocycles. The number of likely N-dealkylation sites (tertiary alicyclic amines) is 1. The Kier molecular flexibility index (Phi) is 6.21. The number of hydrogen-bond acceptors (Lipinski definition) is 5. The molecule has 1 fully saturated rings. The molecule has 3 amide bonds. The molecule has 146 valence electrons. The third kappa shape index (κ3) is 5.06. The number of pyridine rings is 1. The van der Waals surface area contributed by atoms with E-state index >= 15 is 0 Å². The van der Waals surface area contributed by atoms with Gasteiger partial charge in [0.15, 0.2) is 0 Å². The highest BCUT2D eigenvalue weighted by atomic mass is 16.5. The molecule has 0 aliphatic carbocycles. The van der Waals surface area contributed by atoms with E-state index in [1.807, 2.05) is 6.07 Å². The van der Waals surface area contributed by atoms with E-state index in [2.05, 4.69) is 10.3 Å². The number of piperidine rings is 1. The molecule has 8 nitrogen and oxygen atoms in total. The van der Waals surface area contributed by atoms with Crippen LogP contribution in [0.2, 0.25) is 0 Å². The second kappa shape index (κ2) is 8.98. The van der Waals surface area contributed by atoms with Gasteiger partial charge in [-0.2, -0.15) is 0 Å². The van der Waals surface area contributed by atoms with Gasteiger partial charge < -0.3 is 20.7 Å². The molecule has 0 saturated carbocycles. The smallest absolute Gasteiger partial charge is 0.267 e. The van der Waals surface area contributed by atoms with Gasteiger partial charge in [-0.3, -0.25) is 19.4 Å². The van der Waals surface area contributed by atoms with Gasteiger partial charge in [-0.05, 0) is 31.0 Å². The van der Waals surface area contributed by atoms with Crippen LogP contribution < -0.4 is 15.8 Å². The third-order valence-electron chi connectivity index (χ3n) is 4.45. The average molecular weight is 382 g/mol. The van der Waals surface area contributed by atoms with Crippen LogP contribution in [0.3, 0.4) is 0 Å². The van der Waals surface area contributed by atoms with E-state index in [4.69, 9.17) is 10.5 Å². The van der Waals surface area contributed by atoms with Gasteiger partial charge in [0.2, 0.25) is 5.91 Å². The Balaban J connectivity index is 1.52. The Morgan fingerprint density at radius 3 is 2.75 bits per heavy atom. The number of amides is 3. The van der Waals surface area contributed by atoms with Crippen molar-refractivity contribution in [2.24, 2.45) is 5.73 Å². The number of carbonyl (C=O) groups excluding carboxylic acids is 3. The summed E-state index contributed by atoms with van der Waals surface area (Å²) in [5.41, 5.74) is 5.87. The highest BCUT2D eigenvalue weighted by Crippen LogP contribution is 2.19. The number of aromatic nitrogens is 1. The van der Waals surface area contributed by atoms with E-state index in [0.717, 1.165) is 12.8 Å². The maximum atomic E-state index is 12.5. The summed E-state index contributed by atoms with van der Waals surface area (Å²) in [6.45, 7) is 0.957. The van der Waals surface area contributed by atoms with Crippen LogP contribution in [0.25, 0.3) is 0 Å². The minimum atomic E-state index is -0.625. The first-order chi connectivity index (χ1) is 13.5. The van der Waals surface area contributed by atoms with Crippen molar-refractivity contribution >= 4 is 17.7 Å². The van der Waals surface area contributed by atoms with Crippen molar-refractivity contribution < 1.29 is 19.1 Å². The van der Waals surface area contributed by atoms with Gasteiger partial charge in [0.25, 0.3) is 11.8 Å². The first-order valence-electron chi connectivity index (χ1n) is 9.06. The Labute approximate surface area is 162 Å². The summed E-state index contributed by atoms with van der Waals surface area (Å²) in [4.78, 5) is 41.3. The highest BCUT2D eigenvalue weighted by Gasteiger charge is 2.25. The number of rotatable bonds is 6. The summed E-state index contributed by atoms with van der Waals surface area (Å²) in [5.74, 6) is -0.583. The van der Waals surface area contributed by atoms with Crippen molar-refractivity contribution in [1.29, 1.82) is 0 Å². The fourth-order valence-corrected chi connectivity index (χ4v) is 3.03. The lowest BCUT2D eigenvalue weighted by Crippen LogP contribution is -2.48. The maximum Gasteiger partial charge on any atom is 0.267 e. The molecule has 1 aliphatic rings. The molecule has 2 aromatic rings. The minimum Gasteiger partial charge on any atom is -0.488 e. The second-order valence-electron chi connectivity index (χ2n) is 6.51. The lowest BCUT2D eigenvalue weighted by molar-refractivity contribution is -0.132. The highest BCUT2D eigenvalue weighted by molar-refractivity contribution is 5.96. The summed E-state index contributed by atoms with van der Waals surface area (Å²) < 4.78 is 5.89. The molecule has 1 atom stereocenters. The van der Waals surface area contributed by atoms with Gasteiger partial charge in [0, 0.05) is 24.4 Å². The Bertz CT molecular complexity index is 856. The normalized spacial score (nSPS) is 16.3. The molecule has 8 heteroatoms. The first-order valence-corrected chi connectivity index (χ1v) is 9.06. The van der Waals surface area contributed by atoms with Gasteiger partial charge in [0.05, 0.1) is 13.1 Å². The van der Waals surface area contributed by atoms with Gasteiger partial charge >= 0.3 is 0 Å². The number of hydrogen-bond donors (Lipinski definition) is 2. The zero-order chi connectivity index (χ0) is 19.9. The summed E-state index contributed by atoms with van der Waals surface area (Å²) in [6.07, 6.45) is 2.83. The molecule has 3 N–H and O–H groups in total. The van der Waals surface area contributed by atoms with Crippen LogP contribution in [-0.4, -0.2) is 53.3 Å². The Hall–Kier alpha value is -3.42. The van der Waals surface area contributed by atoms with E-state index in [0.29, 0.717) is 24.4 Å². The monoisotopic (exact) mass is 382 g/mol. The van der Waals surface area contributed by atoms with Crippen LogP contribution in [-0.2, 0) is 4.79 Å². The van der Waals surface area contributed by atoms with Crippen LogP contribution >= 0.6 is 0 Å². The van der Waals surface area contributed by atoms with Gasteiger partial charge in [-0.25, -0.2) is 0 Å². The fourth-order valence-electron chi connectivity index (χ4n) is 3.03. The van der Waals surface area contributed by atoms with E-state index in [-0.39, 0.29) is 30.2 Å². The Morgan fingerprint density at radius 2 is 2.00 bits per heavy atom. The van der Waals surface area contributed by atoms with Crippen molar-refractivity contribution in [2.45, 2.75) is 18.9 Å². The molecule has 0 bridgehead atoms. The standard InChI is InChI=1S/C20H22N4O4/c21-19(26)17-11-15(8-9-22-17)28-16-7-4-10-24(13-16)18(25)12-23-20(27)14-5-2-1-3-6-14/h1-3,5-6,8-9,11,16H,4,7,10,12-13H2,(H2,21,26)(H,23,27). The molecular formula is C20H22N4O4. The van der Waals surface area contributed by atoms with E-state index < -0.39 is 5.91 Å². The largest absolute Gasteiger partial charge is 0.488 e. The van der Waals surface area contributed by atoms with Gasteiger partial charge in [0.1, 0.15) is 17.5 Å². The van der Waals surface area contributed by atoms with Crippen molar-refractivity contribution in [3.8, 4) is 5.75 Å². The molecule has 1 aromatic carbocycles. The van der Waals surface area contributed by atoms with E-state index in [1.54, 1.807) is 35.2 Å². The summed E-state index contributed by atoms with van der Waals surface area (Å²) in [6, 6.07) is 11.9. The van der Waals surface area contributed by atoms with Crippen molar-refractivity contribution in [1.82, 2.24) is 15.2 Å². The molecule has 3 rings (SSSR count). The number of carbonyl (C=O) groups is 3. The summed E-state index contributed by atoms with van der Waals surface area (Å²) in [7, 11) is 0. The van der Waals surface area contributed by atoms with Crippen molar-refractivity contribution in [3.63, 3.8) is 0 Å². The molecule has 1 aliphatic heterocycles. The lowest BCUT2D eigenvalue weighted by Gasteiger charge is -2.33. The van der Waals surface area contributed by atoms with Crippen LogP contribution in [0.15, 0.2) is 48.7 Å². The molecule has 2 heterocycles. The predicted octanol–water partition coefficient (Wildman–Crippen LogP) is 0.980. The van der Waals surface area contributed by atoms with Gasteiger partial charge in [-0.1, -0.05) is 18.2 Å². The molecular weight excluding hydrogens is 360 g/mol. The maximum absolute atomic E-state index is 12.5. The zero-order valence-corrected chi connectivity index (χ0v) is 15.3. The molecule has 0 radical (unpaired) electrons. The zero-order valence-electron chi connectivity index (χ0n) is 15.3. The fraction of sp³-hybridized carbons (Fsp3) is 0.300. The molecule has 1 unspecified atom stereocenters. The number of nitrogens with one attached hydrogen (secondary N) is 1. The molecule has 1 aromatic heterocycles. The number of nitrogens with zero attached hydrogens (tertiary/aromatic N) is 2. The minimum absolute atomic E-state index is 0.0679. The quantitative estimate of drug-likeness (QED) is 0.773. The number of primary amides is 1.